The third-order valence-corrected chi connectivity index (χ3v) is 12.5. The first kappa shape index (κ1) is 26.5. The largest absolute Gasteiger partial charge is 0.457 e. The van der Waals surface area contributed by atoms with Gasteiger partial charge in [-0.25, -0.2) is 15.0 Å². The standard InChI is InChI=1S/C56H39N3O/c1-34-16-15-19-36(30-34)53-57-52(35-17-5-4-6-18-35)58-54(59-53)37-28-29-42-39-21-8-7-20-38(39)40-22-10-12-25-45(40)56(48(42)31-37)46-26-13-14-27-50(46)60-51-33-47-43(32-49(51)56)41-23-9-11-24-44(41)55(47,2)3/h4-33H,1-3H3/i4D,5D,6D,15D,16D,17D,18D,19D,30D. The number of hydrogen-bond acceptors (Lipinski definition) is 4. The molecule has 1 spiro atoms. The molecule has 0 N–H and O–H groups in total. The van der Waals surface area contributed by atoms with Crippen LogP contribution in [0.2, 0.25) is 0 Å². The van der Waals surface area contributed by atoms with E-state index in [0.29, 0.717) is 17.1 Å². The van der Waals surface area contributed by atoms with Crippen molar-refractivity contribution in [1.29, 1.82) is 0 Å². The quantitative estimate of drug-likeness (QED) is 0.179. The Hall–Kier alpha value is -7.43. The number of hydrogen-bond donors (Lipinski definition) is 0. The van der Waals surface area contributed by atoms with Gasteiger partial charge < -0.3 is 4.74 Å². The molecule has 0 bridgehead atoms. The Labute approximate surface area is 362 Å². The highest BCUT2D eigenvalue weighted by Gasteiger charge is 2.51. The highest BCUT2D eigenvalue weighted by molar-refractivity contribution is 5.95. The summed E-state index contributed by atoms with van der Waals surface area (Å²) < 4.78 is 85.7. The van der Waals surface area contributed by atoms with Crippen molar-refractivity contribution in [3.8, 4) is 79.0 Å². The van der Waals surface area contributed by atoms with Crippen LogP contribution >= 0.6 is 0 Å². The van der Waals surface area contributed by atoms with Crippen LogP contribution in [-0.4, -0.2) is 15.0 Å². The van der Waals surface area contributed by atoms with Crippen molar-refractivity contribution < 1.29 is 17.1 Å². The predicted octanol–water partition coefficient (Wildman–Crippen LogP) is 13.6. The van der Waals surface area contributed by atoms with E-state index in [-0.39, 0.29) is 51.7 Å². The van der Waals surface area contributed by atoms with Gasteiger partial charge >= 0.3 is 0 Å². The molecule has 0 saturated heterocycles. The lowest BCUT2D eigenvalue weighted by Crippen LogP contribution is -2.35. The van der Waals surface area contributed by atoms with E-state index in [1.807, 2.05) is 48.5 Å². The monoisotopic (exact) mass is 778 g/mol. The summed E-state index contributed by atoms with van der Waals surface area (Å²) >= 11 is 0. The Morgan fingerprint density at radius 1 is 0.433 bits per heavy atom. The number of rotatable bonds is 3. The summed E-state index contributed by atoms with van der Waals surface area (Å²) in [7, 11) is 0. The lowest BCUT2D eigenvalue weighted by atomic mass is 9.61. The fourth-order valence-corrected chi connectivity index (χ4v) is 9.83. The Bertz CT molecular complexity index is 3630. The van der Waals surface area contributed by atoms with Crippen LogP contribution in [0, 0.1) is 6.92 Å². The second kappa shape index (κ2) is 12.8. The van der Waals surface area contributed by atoms with Gasteiger partial charge in [0.05, 0.1) is 17.8 Å². The SMILES string of the molecule is [2H]c1c([2H])c([2H])c(-c2nc(-c3ccc4c(c3)C3(c5ccccc5Oc5cc6c(cc53)-c3ccccc3C6(C)C)c3ccccc3-c3ccccc3-4)nc(-c3c([2H])c([2H])c([2H])c(C)c3[2H])n2)c([2H])c1[2H]. The van der Waals surface area contributed by atoms with Crippen molar-refractivity contribution in [1.82, 2.24) is 15.0 Å². The molecule has 2 heterocycles. The van der Waals surface area contributed by atoms with Gasteiger partial charge in [0.15, 0.2) is 17.5 Å². The number of fused-ring (bicyclic) bond motifs is 14. The molecular weight excluding hydrogens is 731 g/mol. The van der Waals surface area contributed by atoms with E-state index in [9.17, 15) is 0 Å². The van der Waals surface area contributed by atoms with Crippen molar-refractivity contribution in [3.05, 3.63) is 221 Å². The van der Waals surface area contributed by atoms with E-state index < -0.39 is 47.7 Å². The van der Waals surface area contributed by atoms with E-state index in [1.54, 1.807) is 0 Å². The molecule has 12 rings (SSSR count). The summed E-state index contributed by atoms with van der Waals surface area (Å²) in [5.41, 5.74) is 11.1. The highest BCUT2D eigenvalue weighted by Crippen LogP contribution is 2.63. The zero-order valence-corrected chi connectivity index (χ0v) is 32.9. The highest BCUT2D eigenvalue weighted by atomic mass is 16.5. The van der Waals surface area contributed by atoms with Gasteiger partial charge in [-0.3, -0.25) is 0 Å². The maximum atomic E-state index is 9.13. The molecular formula is C56H39N3O. The van der Waals surface area contributed by atoms with E-state index in [4.69, 9.17) is 27.0 Å². The van der Waals surface area contributed by atoms with Crippen molar-refractivity contribution in [2.75, 3.05) is 0 Å². The molecule has 9 aromatic rings. The lowest BCUT2D eigenvalue weighted by molar-refractivity contribution is 0.433. The molecule has 3 aliphatic rings. The maximum absolute atomic E-state index is 9.13. The lowest BCUT2D eigenvalue weighted by Gasteiger charge is -2.43. The molecule has 4 nitrogen and oxygen atoms in total. The van der Waals surface area contributed by atoms with Crippen molar-refractivity contribution in [2.24, 2.45) is 0 Å². The fraction of sp³-hybridized carbons (Fsp3) is 0.0893. The molecule has 1 unspecified atom stereocenters. The second-order valence-corrected chi connectivity index (χ2v) is 16.1. The normalized spacial score (nSPS) is 18.0. The van der Waals surface area contributed by atoms with Gasteiger partial charge in [0.1, 0.15) is 11.5 Å². The van der Waals surface area contributed by atoms with Gasteiger partial charge in [-0.05, 0) is 92.9 Å². The van der Waals surface area contributed by atoms with Crippen LogP contribution in [0.3, 0.4) is 0 Å². The molecule has 4 heteroatoms. The molecule has 1 atom stereocenters. The summed E-state index contributed by atoms with van der Waals surface area (Å²) in [6.45, 7) is 6.01. The zero-order chi connectivity index (χ0) is 48.0. The third-order valence-electron chi connectivity index (χ3n) is 12.5. The van der Waals surface area contributed by atoms with Crippen molar-refractivity contribution in [2.45, 2.75) is 31.6 Å². The molecule has 284 valence electrons. The number of ether oxygens (including phenoxy) is 1. The average molecular weight is 779 g/mol. The minimum Gasteiger partial charge on any atom is -0.457 e. The van der Waals surface area contributed by atoms with Crippen molar-refractivity contribution in [3.63, 3.8) is 0 Å². The number of aromatic nitrogens is 3. The molecule has 60 heavy (non-hydrogen) atoms. The number of nitrogens with zero attached hydrogens (tertiary/aromatic N) is 3. The van der Waals surface area contributed by atoms with Gasteiger partial charge in [-0.2, -0.15) is 0 Å². The van der Waals surface area contributed by atoms with Crippen LogP contribution in [0.4, 0.5) is 0 Å². The molecule has 1 aliphatic heterocycles. The summed E-state index contributed by atoms with van der Waals surface area (Å²) in [5.74, 6) is 0.943. The van der Waals surface area contributed by atoms with Gasteiger partial charge in [0.25, 0.3) is 0 Å². The maximum Gasteiger partial charge on any atom is 0.164 e. The summed E-state index contributed by atoms with van der Waals surface area (Å²) in [5, 5.41) is 0. The molecule has 8 aromatic carbocycles. The Morgan fingerprint density at radius 3 is 1.77 bits per heavy atom. The van der Waals surface area contributed by atoms with Crippen molar-refractivity contribution >= 4 is 0 Å². The van der Waals surface area contributed by atoms with Gasteiger partial charge in [-0.15, -0.1) is 0 Å². The average Bonchev–Trinajstić information content (AvgIpc) is 3.52. The molecule has 1 aromatic heterocycles. The van der Waals surface area contributed by atoms with Crippen LogP contribution < -0.4 is 4.74 Å². The molecule has 0 fully saturated rings. The summed E-state index contributed by atoms with van der Waals surface area (Å²) in [6, 6.07) is 39.7. The van der Waals surface area contributed by atoms with Crippen LogP contribution in [0.5, 0.6) is 11.5 Å². The van der Waals surface area contributed by atoms with Gasteiger partial charge in [-0.1, -0.05) is 171 Å². The molecule has 2 aliphatic carbocycles. The van der Waals surface area contributed by atoms with Crippen LogP contribution in [-0.2, 0) is 10.8 Å². The topological polar surface area (TPSA) is 47.9 Å². The molecule has 0 radical (unpaired) electrons. The first-order valence-electron chi connectivity index (χ1n) is 24.5. The smallest absolute Gasteiger partial charge is 0.164 e. The van der Waals surface area contributed by atoms with E-state index >= 15 is 0 Å². The van der Waals surface area contributed by atoms with E-state index in [2.05, 4.69) is 97.7 Å². The summed E-state index contributed by atoms with van der Waals surface area (Å²) in [4.78, 5) is 14.5. The predicted molar refractivity (Wildman–Crippen MR) is 241 cm³/mol. The first-order valence-corrected chi connectivity index (χ1v) is 20.0. The van der Waals surface area contributed by atoms with E-state index in [0.717, 1.165) is 61.2 Å². The minimum absolute atomic E-state index is 0.0358. The molecule has 0 saturated carbocycles. The van der Waals surface area contributed by atoms with Crippen LogP contribution in [0.25, 0.3) is 67.5 Å². The first-order chi connectivity index (χ1) is 33.1. The van der Waals surface area contributed by atoms with Gasteiger partial charge in [0.2, 0.25) is 0 Å². The Kier molecular flexibility index (Phi) is 5.66. The van der Waals surface area contributed by atoms with E-state index in [1.165, 1.54) is 12.5 Å². The summed E-state index contributed by atoms with van der Waals surface area (Å²) in [6.07, 6.45) is 0. The Morgan fingerprint density at radius 2 is 1.02 bits per heavy atom. The van der Waals surface area contributed by atoms with Crippen LogP contribution in [0.1, 0.15) is 65.1 Å². The second-order valence-electron chi connectivity index (χ2n) is 16.1. The third kappa shape index (κ3) is 4.88. The van der Waals surface area contributed by atoms with Gasteiger partial charge in [0, 0.05) is 33.2 Å². The zero-order valence-electron chi connectivity index (χ0n) is 41.9. The number of para-hydroxylation sites is 1. The van der Waals surface area contributed by atoms with Crippen LogP contribution in [0.15, 0.2) is 182 Å². The minimum atomic E-state index is -1.06. The Balaban J connectivity index is 1.23. The number of benzene rings is 8. The fourth-order valence-electron chi connectivity index (χ4n) is 9.83. The molecule has 0 amide bonds.